The van der Waals surface area contributed by atoms with Gasteiger partial charge in [-0.3, -0.25) is 0 Å². The van der Waals surface area contributed by atoms with Gasteiger partial charge in [0.05, 0.1) is 0 Å². The topological polar surface area (TPSA) is 29.3 Å². The van der Waals surface area contributed by atoms with Crippen LogP contribution in [-0.4, -0.2) is 19.1 Å². The van der Waals surface area contributed by atoms with Crippen molar-refractivity contribution < 1.29 is 4.39 Å². The van der Waals surface area contributed by atoms with Crippen LogP contribution in [0, 0.1) is 19.7 Å². The summed E-state index contributed by atoms with van der Waals surface area (Å²) in [5, 5.41) is 0. The van der Waals surface area contributed by atoms with E-state index in [1.165, 1.54) is 22.8 Å². The highest BCUT2D eigenvalue weighted by atomic mass is 19.1. The van der Waals surface area contributed by atoms with Crippen LogP contribution in [0.3, 0.4) is 0 Å². The van der Waals surface area contributed by atoms with E-state index in [9.17, 15) is 4.39 Å². The SMILES string of the molecule is Cc1ccc(C2CC(N)CN(c3cccc(F)c3)C2)cc1C. The van der Waals surface area contributed by atoms with Crippen molar-refractivity contribution in [1.29, 1.82) is 0 Å². The monoisotopic (exact) mass is 298 g/mol. The van der Waals surface area contributed by atoms with E-state index >= 15 is 0 Å². The molecule has 22 heavy (non-hydrogen) atoms. The van der Waals surface area contributed by atoms with Gasteiger partial charge in [-0.25, -0.2) is 4.39 Å². The quantitative estimate of drug-likeness (QED) is 0.914. The van der Waals surface area contributed by atoms with E-state index in [-0.39, 0.29) is 11.9 Å². The Hall–Kier alpha value is -1.87. The molecular weight excluding hydrogens is 275 g/mol. The standard InChI is InChI=1S/C19H23FN2/c1-13-6-7-15(8-14(13)2)16-9-18(21)12-22(11-16)19-5-3-4-17(20)10-19/h3-8,10,16,18H,9,11-12,21H2,1-2H3. The molecule has 2 N–H and O–H groups in total. The van der Waals surface area contributed by atoms with Crippen LogP contribution in [0.25, 0.3) is 0 Å². The predicted molar refractivity (Wildman–Crippen MR) is 89.9 cm³/mol. The number of nitrogens with two attached hydrogens (primary N) is 1. The molecule has 1 heterocycles. The Morgan fingerprint density at radius 2 is 1.86 bits per heavy atom. The lowest BCUT2D eigenvalue weighted by Crippen LogP contribution is -2.46. The van der Waals surface area contributed by atoms with E-state index in [0.29, 0.717) is 5.92 Å². The zero-order valence-corrected chi connectivity index (χ0v) is 13.2. The molecule has 3 heteroatoms. The fraction of sp³-hybridized carbons (Fsp3) is 0.368. The van der Waals surface area contributed by atoms with Crippen molar-refractivity contribution in [3.63, 3.8) is 0 Å². The molecule has 2 atom stereocenters. The summed E-state index contributed by atoms with van der Waals surface area (Å²) >= 11 is 0. The smallest absolute Gasteiger partial charge is 0.125 e. The number of piperidine rings is 1. The Morgan fingerprint density at radius 1 is 1.05 bits per heavy atom. The van der Waals surface area contributed by atoms with E-state index in [2.05, 4.69) is 36.9 Å². The van der Waals surface area contributed by atoms with Gasteiger partial charge in [-0.15, -0.1) is 0 Å². The molecule has 0 aromatic heterocycles. The summed E-state index contributed by atoms with van der Waals surface area (Å²) < 4.78 is 13.5. The Kier molecular flexibility index (Phi) is 4.16. The average Bonchev–Trinajstić information content (AvgIpc) is 2.49. The van der Waals surface area contributed by atoms with Crippen molar-refractivity contribution in [2.75, 3.05) is 18.0 Å². The molecule has 1 saturated heterocycles. The summed E-state index contributed by atoms with van der Waals surface area (Å²) in [5.41, 5.74) is 11.1. The minimum Gasteiger partial charge on any atom is -0.369 e. The molecule has 2 unspecified atom stereocenters. The summed E-state index contributed by atoms with van der Waals surface area (Å²) in [6.07, 6.45) is 0.980. The molecule has 0 radical (unpaired) electrons. The number of hydrogen-bond donors (Lipinski definition) is 1. The molecule has 1 aliphatic heterocycles. The zero-order chi connectivity index (χ0) is 15.7. The molecule has 0 amide bonds. The van der Waals surface area contributed by atoms with Crippen LogP contribution < -0.4 is 10.6 Å². The zero-order valence-electron chi connectivity index (χ0n) is 13.2. The van der Waals surface area contributed by atoms with Crippen molar-refractivity contribution in [2.45, 2.75) is 32.2 Å². The predicted octanol–water partition coefficient (Wildman–Crippen LogP) is 3.76. The first-order chi connectivity index (χ1) is 10.5. The second kappa shape index (κ2) is 6.09. The van der Waals surface area contributed by atoms with Gasteiger partial charge in [0.2, 0.25) is 0 Å². The molecule has 1 aliphatic rings. The normalized spacial score (nSPS) is 21.9. The molecule has 2 nitrogen and oxygen atoms in total. The maximum Gasteiger partial charge on any atom is 0.125 e. The average molecular weight is 298 g/mol. The van der Waals surface area contributed by atoms with Crippen LogP contribution in [0.5, 0.6) is 0 Å². The first-order valence-electron chi connectivity index (χ1n) is 7.86. The number of nitrogens with zero attached hydrogens (tertiary/aromatic N) is 1. The van der Waals surface area contributed by atoms with Crippen molar-refractivity contribution in [1.82, 2.24) is 0 Å². The molecule has 0 saturated carbocycles. The van der Waals surface area contributed by atoms with Crippen molar-refractivity contribution in [3.05, 3.63) is 65.0 Å². The summed E-state index contributed by atoms with van der Waals surface area (Å²) in [6, 6.07) is 13.6. The number of hydrogen-bond acceptors (Lipinski definition) is 2. The lowest BCUT2D eigenvalue weighted by atomic mass is 9.87. The van der Waals surface area contributed by atoms with Crippen molar-refractivity contribution in [3.8, 4) is 0 Å². The molecule has 0 bridgehead atoms. The summed E-state index contributed by atoms with van der Waals surface area (Å²) in [4.78, 5) is 2.21. The second-order valence-corrected chi connectivity index (χ2v) is 6.42. The lowest BCUT2D eigenvalue weighted by Gasteiger charge is -2.38. The van der Waals surface area contributed by atoms with E-state index in [1.807, 2.05) is 6.07 Å². The van der Waals surface area contributed by atoms with Gasteiger partial charge in [0.1, 0.15) is 5.82 Å². The Balaban J connectivity index is 1.85. The Labute approximate surface area is 131 Å². The number of rotatable bonds is 2. The summed E-state index contributed by atoms with van der Waals surface area (Å²) in [6.45, 7) is 5.95. The lowest BCUT2D eigenvalue weighted by molar-refractivity contribution is 0.453. The molecule has 3 rings (SSSR count). The third-order valence-electron chi connectivity index (χ3n) is 4.66. The fourth-order valence-electron chi connectivity index (χ4n) is 3.28. The highest BCUT2D eigenvalue weighted by Gasteiger charge is 2.26. The van der Waals surface area contributed by atoms with Crippen LogP contribution >= 0.6 is 0 Å². The maximum absolute atomic E-state index is 13.5. The molecular formula is C19H23FN2. The Bertz CT molecular complexity index is 668. The minimum absolute atomic E-state index is 0.114. The van der Waals surface area contributed by atoms with E-state index < -0.39 is 0 Å². The van der Waals surface area contributed by atoms with Crippen LogP contribution in [0.4, 0.5) is 10.1 Å². The Morgan fingerprint density at radius 3 is 2.59 bits per heavy atom. The van der Waals surface area contributed by atoms with Gasteiger partial charge < -0.3 is 10.6 Å². The van der Waals surface area contributed by atoms with Gasteiger partial charge in [0, 0.05) is 30.7 Å². The van der Waals surface area contributed by atoms with E-state index in [4.69, 9.17) is 5.73 Å². The molecule has 0 aliphatic carbocycles. The van der Waals surface area contributed by atoms with Gasteiger partial charge >= 0.3 is 0 Å². The minimum atomic E-state index is -0.195. The largest absolute Gasteiger partial charge is 0.369 e. The van der Waals surface area contributed by atoms with Gasteiger partial charge in [-0.2, -0.15) is 0 Å². The summed E-state index contributed by atoms with van der Waals surface area (Å²) in [7, 11) is 0. The van der Waals surface area contributed by atoms with E-state index in [0.717, 1.165) is 25.2 Å². The van der Waals surface area contributed by atoms with E-state index in [1.54, 1.807) is 12.1 Å². The van der Waals surface area contributed by atoms with Crippen LogP contribution in [0.1, 0.15) is 29.0 Å². The maximum atomic E-state index is 13.5. The van der Waals surface area contributed by atoms with Crippen LogP contribution in [-0.2, 0) is 0 Å². The van der Waals surface area contributed by atoms with Gasteiger partial charge in [-0.1, -0.05) is 24.3 Å². The number of benzene rings is 2. The molecule has 0 spiro atoms. The van der Waals surface area contributed by atoms with Gasteiger partial charge in [-0.05, 0) is 55.2 Å². The fourth-order valence-corrected chi connectivity index (χ4v) is 3.28. The van der Waals surface area contributed by atoms with Gasteiger partial charge in [0.25, 0.3) is 0 Å². The number of aryl methyl sites for hydroxylation is 2. The second-order valence-electron chi connectivity index (χ2n) is 6.42. The molecule has 1 fully saturated rings. The molecule has 116 valence electrons. The van der Waals surface area contributed by atoms with Crippen LogP contribution in [0.2, 0.25) is 0 Å². The third-order valence-corrected chi connectivity index (χ3v) is 4.66. The third kappa shape index (κ3) is 3.14. The molecule has 2 aromatic rings. The number of anilines is 1. The van der Waals surface area contributed by atoms with Crippen molar-refractivity contribution >= 4 is 5.69 Å². The highest BCUT2D eigenvalue weighted by Crippen LogP contribution is 2.30. The van der Waals surface area contributed by atoms with Gasteiger partial charge in [0.15, 0.2) is 0 Å². The highest BCUT2D eigenvalue weighted by molar-refractivity contribution is 5.48. The summed E-state index contributed by atoms with van der Waals surface area (Å²) in [5.74, 6) is 0.200. The first-order valence-corrected chi connectivity index (χ1v) is 7.86. The van der Waals surface area contributed by atoms with Crippen molar-refractivity contribution in [2.24, 2.45) is 5.73 Å². The molecule has 2 aromatic carbocycles. The van der Waals surface area contributed by atoms with Crippen LogP contribution in [0.15, 0.2) is 42.5 Å². The first kappa shape index (κ1) is 15.0. The number of halogens is 1.